The molecule has 1 aliphatic heterocycles. The average molecular weight is 458 g/mol. The number of nitrogens with zero attached hydrogens (tertiary/aromatic N) is 5. The summed E-state index contributed by atoms with van der Waals surface area (Å²) in [5.41, 5.74) is 3.07. The third-order valence-corrected chi connectivity index (χ3v) is 7.30. The molecule has 34 heavy (non-hydrogen) atoms. The zero-order chi connectivity index (χ0) is 23.7. The largest absolute Gasteiger partial charge is 0.332 e. The van der Waals surface area contributed by atoms with Crippen LogP contribution in [0.15, 0.2) is 76.6 Å². The Hall–Kier alpha value is -3.45. The summed E-state index contributed by atoms with van der Waals surface area (Å²) >= 11 is 0. The van der Waals surface area contributed by atoms with Gasteiger partial charge in [-0.3, -0.25) is 13.9 Å². The molecule has 0 bridgehead atoms. The molecule has 0 unspecified atom stereocenters. The smallest absolute Gasteiger partial charge is 0.323 e. The number of hydrogen-bond donors (Lipinski definition) is 0. The number of rotatable bonds is 6. The lowest BCUT2D eigenvalue weighted by Crippen LogP contribution is -2.39. The van der Waals surface area contributed by atoms with Crippen molar-refractivity contribution in [2.24, 2.45) is 20.0 Å². The molecule has 0 saturated carbocycles. The van der Waals surface area contributed by atoms with Crippen LogP contribution in [0.4, 0.5) is 0 Å². The van der Waals surface area contributed by atoms with Crippen molar-refractivity contribution in [3.05, 3.63) is 99.0 Å². The van der Waals surface area contributed by atoms with E-state index in [1.807, 2.05) is 4.57 Å². The summed E-state index contributed by atoms with van der Waals surface area (Å²) in [5.74, 6) is 1.00. The van der Waals surface area contributed by atoms with E-state index in [-0.39, 0.29) is 11.2 Å². The quantitative estimate of drug-likeness (QED) is 0.447. The topological polar surface area (TPSA) is 65.1 Å². The molecule has 176 valence electrons. The van der Waals surface area contributed by atoms with Crippen LogP contribution in [-0.4, -0.2) is 43.2 Å². The predicted molar refractivity (Wildman–Crippen MR) is 134 cm³/mol. The number of hydrogen-bond acceptors (Lipinski definition) is 4. The Morgan fingerprint density at radius 2 is 1.44 bits per heavy atom. The van der Waals surface area contributed by atoms with Gasteiger partial charge >= 0.3 is 5.69 Å². The van der Waals surface area contributed by atoms with Gasteiger partial charge in [0.2, 0.25) is 0 Å². The van der Waals surface area contributed by atoms with E-state index in [4.69, 9.17) is 0 Å². The summed E-state index contributed by atoms with van der Waals surface area (Å²) in [5, 5.41) is 0. The van der Waals surface area contributed by atoms with Crippen LogP contribution in [-0.2, 0) is 20.6 Å². The summed E-state index contributed by atoms with van der Waals surface area (Å²) in [7, 11) is 3.17. The van der Waals surface area contributed by atoms with Gasteiger partial charge in [0, 0.05) is 33.1 Å². The molecular weight excluding hydrogens is 426 g/mol. The van der Waals surface area contributed by atoms with Gasteiger partial charge in [0.15, 0.2) is 11.2 Å². The minimum absolute atomic E-state index is 0.289. The van der Waals surface area contributed by atoms with Crippen LogP contribution >= 0.6 is 0 Å². The number of piperidine rings is 1. The number of benzene rings is 2. The van der Waals surface area contributed by atoms with Gasteiger partial charge in [-0.25, -0.2) is 9.78 Å². The fraction of sp³-hybridized carbons (Fsp3) is 0.370. The molecular formula is C27H31N5O2. The van der Waals surface area contributed by atoms with E-state index in [1.54, 1.807) is 13.4 Å². The third-order valence-electron chi connectivity index (χ3n) is 7.30. The van der Waals surface area contributed by atoms with Gasteiger partial charge in [-0.1, -0.05) is 60.7 Å². The lowest BCUT2D eigenvalue weighted by atomic mass is 9.76. The lowest BCUT2D eigenvalue weighted by molar-refractivity contribution is 0.170. The number of likely N-dealkylation sites (tertiary alicyclic amines) is 1. The molecule has 1 fully saturated rings. The molecule has 1 saturated heterocycles. The minimum atomic E-state index is -0.351. The number of imidazole rings is 1. The highest BCUT2D eigenvalue weighted by molar-refractivity contribution is 5.69. The maximum absolute atomic E-state index is 12.7. The maximum Gasteiger partial charge on any atom is 0.332 e. The van der Waals surface area contributed by atoms with Crippen molar-refractivity contribution in [2.75, 3.05) is 19.6 Å². The first-order valence-electron chi connectivity index (χ1n) is 12.0. The molecule has 0 spiro atoms. The van der Waals surface area contributed by atoms with Crippen LogP contribution in [0.3, 0.4) is 0 Å². The number of aromatic nitrogens is 4. The fourth-order valence-corrected chi connectivity index (χ4v) is 5.38. The molecule has 0 amide bonds. The van der Waals surface area contributed by atoms with Gasteiger partial charge in [0.1, 0.15) is 0 Å². The van der Waals surface area contributed by atoms with Crippen molar-refractivity contribution in [2.45, 2.75) is 25.3 Å². The second kappa shape index (κ2) is 9.43. The van der Waals surface area contributed by atoms with Crippen LogP contribution in [0.25, 0.3) is 11.2 Å². The molecule has 0 aliphatic carbocycles. The van der Waals surface area contributed by atoms with Crippen molar-refractivity contribution >= 4 is 11.2 Å². The molecule has 3 heterocycles. The van der Waals surface area contributed by atoms with E-state index < -0.39 is 0 Å². The van der Waals surface area contributed by atoms with Crippen molar-refractivity contribution in [1.82, 2.24) is 23.6 Å². The van der Waals surface area contributed by atoms with Gasteiger partial charge in [-0.15, -0.1) is 0 Å². The van der Waals surface area contributed by atoms with Gasteiger partial charge in [-0.05, 0) is 43.0 Å². The van der Waals surface area contributed by atoms with E-state index in [9.17, 15) is 9.59 Å². The van der Waals surface area contributed by atoms with E-state index in [2.05, 4.69) is 70.5 Å². The standard InChI is InChI=1S/C27H31N5O2/c1-29-25-24(26(33)30(2)27(29)34)32(19-28-25)18-17-31-15-13-22(14-16-31)23(20-9-5-3-6-10-20)21-11-7-4-8-12-21/h3-12,19,22-23H,13-18H2,1-2H3. The predicted octanol–water partition coefficient (Wildman–Crippen LogP) is 2.98. The zero-order valence-corrected chi connectivity index (χ0v) is 19.8. The van der Waals surface area contributed by atoms with Crippen LogP contribution in [0.1, 0.15) is 29.9 Å². The van der Waals surface area contributed by atoms with Crippen LogP contribution in [0, 0.1) is 5.92 Å². The van der Waals surface area contributed by atoms with Crippen LogP contribution in [0.5, 0.6) is 0 Å². The zero-order valence-electron chi connectivity index (χ0n) is 19.8. The second-order valence-electron chi connectivity index (χ2n) is 9.29. The van der Waals surface area contributed by atoms with Crippen molar-refractivity contribution in [3.63, 3.8) is 0 Å². The molecule has 5 rings (SSSR count). The van der Waals surface area contributed by atoms with Crippen LogP contribution in [0.2, 0.25) is 0 Å². The Kier molecular flexibility index (Phi) is 6.20. The summed E-state index contributed by atoms with van der Waals surface area (Å²) in [6.45, 7) is 3.59. The molecule has 7 heteroatoms. The fourth-order valence-electron chi connectivity index (χ4n) is 5.38. The second-order valence-corrected chi connectivity index (χ2v) is 9.29. The summed E-state index contributed by atoms with van der Waals surface area (Å²) in [6, 6.07) is 21.7. The number of aryl methyl sites for hydroxylation is 1. The van der Waals surface area contributed by atoms with Gasteiger partial charge < -0.3 is 9.47 Å². The SMILES string of the molecule is Cn1c(=O)c2c(ncn2CCN2CCC(C(c3ccccc3)c3ccccc3)CC2)n(C)c1=O. The molecule has 0 N–H and O–H groups in total. The van der Waals surface area contributed by atoms with E-state index in [0.717, 1.165) is 37.0 Å². The first-order valence-corrected chi connectivity index (χ1v) is 12.0. The monoisotopic (exact) mass is 457 g/mol. The third kappa shape index (κ3) is 4.12. The Labute approximate surface area is 198 Å². The highest BCUT2D eigenvalue weighted by atomic mass is 16.2. The average Bonchev–Trinajstić information content (AvgIpc) is 3.31. The number of fused-ring (bicyclic) bond motifs is 1. The van der Waals surface area contributed by atoms with E-state index in [1.165, 1.54) is 22.7 Å². The van der Waals surface area contributed by atoms with Crippen molar-refractivity contribution in [1.29, 1.82) is 0 Å². The van der Waals surface area contributed by atoms with Crippen molar-refractivity contribution in [3.8, 4) is 0 Å². The lowest BCUT2D eigenvalue weighted by Gasteiger charge is -2.36. The van der Waals surface area contributed by atoms with Gasteiger partial charge in [0.05, 0.1) is 6.33 Å². The summed E-state index contributed by atoms with van der Waals surface area (Å²) in [6.07, 6.45) is 3.95. The Bertz CT molecular complexity index is 1340. The van der Waals surface area contributed by atoms with E-state index >= 15 is 0 Å². The maximum atomic E-state index is 12.7. The normalized spacial score (nSPS) is 15.4. The summed E-state index contributed by atoms with van der Waals surface area (Å²) in [4.78, 5) is 31.7. The van der Waals surface area contributed by atoms with Crippen molar-refractivity contribution < 1.29 is 0 Å². The van der Waals surface area contributed by atoms with Gasteiger partial charge in [0.25, 0.3) is 5.56 Å². The summed E-state index contributed by atoms with van der Waals surface area (Å²) < 4.78 is 4.48. The first-order chi connectivity index (χ1) is 16.5. The van der Waals surface area contributed by atoms with E-state index in [0.29, 0.717) is 29.5 Å². The Morgan fingerprint density at radius 1 is 0.853 bits per heavy atom. The molecule has 1 aliphatic rings. The molecule has 2 aromatic carbocycles. The minimum Gasteiger partial charge on any atom is -0.323 e. The molecule has 0 radical (unpaired) electrons. The van der Waals surface area contributed by atoms with Crippen LogP contribution < -0.4 is 11.2 Å². The Morgan fingerprint density at radius 3 is 2.03 bits per heavy atom. The molecule has 2 aromatic heterocycles. The first kappa shape index (κ1) is 22.3. The highest BCUT2D eigenvalue weighted by Gasteiger charge is 2.28. The Balaban J connectivity index is 1.29. The molecule has 7 nitrogen and oxygen atoms in total. The highest BCUT2D eigenvalue weighted by Crippen LogP contribution is 2.37. The molecule has 0 atom stereocenters. The van der Waals surface area contributed by atoms with Gasteiger partial charge in [-0.2, -0.15) is 0 Å². The molecule has 4 aromatic rings.